The molecule has 6 heteroatoms. The summed E-state index contributed by atoms with van der Waals surface area (Å²) in [5.41, 5.74) is 0.602. The molecule has 0 spiro atoms. The third-order valence-corrected chi connectivity index (χ3v) is 4.89. The quantitative estimate of drug-likeness (QED) is 0.695. The number of rotatable bonds is 2. The zero-order valence-electron chi connectivity index (χ0n) is 14.0. The number of carbonyl (C=O) groups is 1. The topological polar surface area (TPSA) is 53.8 Å². The van der Waals surface area contributed by atoms with Gasteiger partial charge in [-0.3, -0.25) is 4.79 Å². The minimum atomic E-state index is -0.480. The Hall–Kier alpha value is -2.79. The molecule has 0 unspecified atom stereocenters. The van der Waals surface area contributed by atoms with Crippen molar-refractivity contribution in [1.82, 2.24) is 4.90 Å². The zero-order chi connectivity index (χ0) is 18.1. The molecule has 3 aromatic rings. The van der Waals surface area contributed by atoms with E-state index in [9.17, 15) is 9.59 Å². The first-order valence-corrected chi connectivity index (χ1v) is 8.82. The molecule has 1 saturated heterocycles. The van der Waals surface area contributed by atoms with Crippen LogP contribution in [-0.4, -0.2) is 37.0 Å². The van der Waals surface area contributed by atoms with Crippen LogP contribution in [0.4, 0.5) is 5.69 Å². The van der Waals surface area contributed by atoms with Gasteiger partial charge in [-0.05, 0) is 41.8 Å². The van der Waals surface area contributed by atoms with E-state index in [-0.39, 0.29) is 11.7 Å². The van der Waals surface area contributed by atoms with Crippen molar-refractivity contribution in [3.8, 4) is 0 Å². The van der Waals surface area contributed by atoms with E-state index in [1.807, 2.05) is 36.4 Å². The lowest BCUT2D eigenvalue weighted by Gasteiger charge is -2.35. The number of amides is 1. The molecule has 0 aliphatic carbocycles. The van der Waals surface area contributed by atoms with Gasteiger partial charge < -0.3 is 14.2 Å². The summed E-state index contributed by atoms with van der Waals surface area (Å²) in [6.45, 7) is 2.56. The van der Waals surface area contributed by atoms with Crippen molar-refractivity contribution >= 4 is 34.0 Å². The maximum absolute atomic E-state index is 12.7. The second kappa shape index (κ2) is 6.84. The standard InChI is InChI=1S/C20H17ClN2O3/c21-15-5-7-16(8-6-15)22-9-11-23(12-10-22)19(24)18-13-14-3-1-2-4-17(14)20(25)26-18/h1-8,13H,9-12H2. The van der Waals surface area contributed by atoms with Crippen LogP contribution in [0.1, 0.15) is 10.6 Å². The summed E-state index contributed by atoms with van der Waals surface area (Å²) in [5, 5.41) is 1.90. The van der Waals surface area contributed by atoms with Crippen LogP contribution in [0.2, 0.25) is 5.02 Å². The summed E-state index contributed by atoms with van der Waals surface area (Å²) < 4.78 is 5.26. The number of halogens is 1. The fraction of sp³-hybridized carbons (Fsp3) is 0.200. The molecule has 0 atom stereocenters. The van der Waals surface area contributed by atoms with E-state index in [0.717, 1.165) is 5.69 Å². The first-order valence-electron chi connectivity index (χ1n) is 8.44. The smallest absolute Gasteiger partial charge is 0.344 e. The van der Waals surface area contributed by atoms with Crippen molar-refractivity contribution in [3.05, 3.63) is 75.8 Å². The Morgan fingerprint density at radius 1 is 0.962 bits per heavy atom. The van der Waals surface area contributed by atoms with Crippen LogP contribution in [0.5, 0.6) is 0 Å². The van der Waals surface area contributed by atoms with Crippen LogP contribution in [-0.2, 0) is 0 Å². The van der Waals surface area contributed by atoms with Gasteiger partial charge in [-0.2, -0.15) is 0 Å². The maximum atomic E-state index is 12.7. The third kappa shape index (κ3) is 3.18. The van der Waals surface area contributed by atoms with Crippen LogP contribution < -0.4 is 10.5 Å². The monoisotopic (exact) mass is 368 g/mol. The maximum Gasteiger partial charge on any atom is 0.344 e. The third-order valence-electron chi connectivity index (χ3n) is 4.64. The van der Waals surface area contributed by atoms with Crippen molar-refractivity contribution in [3.63, 3.8) is 0 Å². The number of anilines is 1. The highest BCUT2D eigenvalue weighted by molar-refractivity contribution is 6.30. The molecule has 1 fully saturated rings. The predicted octanol–water partition coefficient (Wildman–Crippen LogP) is 3.41. The molecular weight excluding hydrogens is 352 g/mol. The number of carbonyl (C=O) groups excluding carboxylic acids is 1. The summed E-state index contributed by atoms with van der Waals surface area (Å²) in [4.78, 5) is 28.8. The predicted molar refractivity (Wildman–Crippen MR) is 102 cm³/mol. The van der Waals surface area contributed by atoms with Gasteiger partial charge in [0.15, 0.2) is 5.76 Å². The van der Waals surface area contributed by atoms with Crippen LogP contribution in [0, 0.1) is 0 Å². The van der Waals surface area contributed by atoms with Gasteiger partial charge in [0.25, 0.3) is 5.91 Å². The molecule has 0 saturated carbocycles. The highest BCUT2D eigenvalue weighted by Gasteiger charge is 2.24. The van der Waals surface area contributed by atoms with Crippen LogP contribution in [0.15, 0.2) is 63.8 Å². The minimum absolute atomic E-state index is 0.0913. The van der Waals surface area contributed by atoms with Gasteiger partial charge in [0.2, 0.25) is 0 Å². The van der Waals surface area contributed by atoms with Crippen molar-refractivity contribution in [1.29, 1.82) is 0 Å². The van der Waals surface area contributed by atoms with Gasteiger partial charge in [0, 0.05) is 36.9 Å². The normalized spacial score (nSPS) is 14.7. The first kappa shape index (κ1) is 16.7. The number of hydrogen-bond acceptors (Lipinski definition) is 4. The summed E-state index contributed by atoms with van der Waals surface area (Å²) >= 11 is 5.93. The van der Waals surface area contributed by atoms with Crippen LogP contribution >= 0.6 is 11.6 Å². The number of piperazine rings is 1. The average Bonchev–Trinajstić information content (AvgIpc) is 2.68. The highest BCUT2D eigenvalue weighted by Crippen LogP contribution is 2.20. The Kier molecular flexibility index (Phi) is 4.39. The van der Waals surface area contributed by atoms with E-state index in [0.29, 0.717) is 42.0 Å². The summed E-state index contributed by atoms with van der Waals surface area (Å²) in [6, 6.07) is 16.4. The summed E-state index contributed by atoms with van der Waals surface area (Å²) in [5.74, 6) is -0.155. The Morgan fingerprint density at radius 2 is 1.65 bits per heavy atom. The van der Waals surface area contributed by atoms with E-state index in [1.54, 1.807) is 23.1 Å². The van der Waals surface area contributed by atoms with Gasteiger partial charge in [-0.25, -0.2) is 4.79 Å². The number of nitrogens with zero attached hydrogens (tertiary/aromatic N) is 2. The van der Waals surface area contributed by atoms with Crippen molar-refractivity contribution in [2.24, 2.45) is 0 Å². The van der Waals surface area contributed by atoms with Crippen molar-refractivity contribution in [2.75, 3.05) is 31.1 Å². The molecular formula is C20H17ClN2O3. The van der Waals surface area contributed by atoms with E-state index >= 15 is 0 Å². The van der Waals surface area contributed by atoms with Gasteiger partial charge in [0.1, 0.15) is 0 Å². The number of fused-ring (bicyclic) bond motifs is 1. The van der Waals surface area contributed by atoms with Gasteiger partial charge >= 0.3 is 5.63 Å². The number of hydrogen-bond donors (Lipinski definition) is 0. The molecule has 1 aromatic heterocycles. The molecule has 4 rings (SSSR count). The second-order valence-electron chi connectivity index (χ2n) is 6.24. The molecule has 2 heterocycles. The largest absolute Gasteiger partial charge is 0.417 e. The molecule has 0 radical (unpaired) electrons. The Labute approximate surface area is 155 Å². The van der Waals surface area contributed by atoms with E-state index in [4.69, 9.17) is 16.0 Å². The van der Waals surface area contributed by atoms with E-state index < -0.39 is 5.63 Å². The molecule has 1 amide bonds. The molecule has 1 aliphatic rings. The van der Waals surface area contributed by atoms with E-state index in [2.05, 4.69) is 4.90 Å². The lowest BCUT2D eigenvalue weighted by atomic mass is 10.1. The zero-order valence-corrected chi connectivity index (χ0v) is 14.8. The van der Waals surface area contributed by atoms with Gasteiger partial charge in [-0.1, -0.05) is 29.8 Å². The fourth-order valence-electron chi connectivity index (χ4n) is 3.22. The molecule has 1 aliphatic heterocycles. The summed E-state index contributed by atoms with van der Waals surface area (Å²) in [7, 11) is 0. The molecule has 132 valence electrons. The molecule has 26 heavy (non-hydrogen) atoms. The minimum Gasteiger partial charge on any atom is -0.417 e. The Bertz CT molecular complexity index is 1010. The molecule has 5 nitrogen and oxygen atoms in total. The summed E-state index contributed by atoms with van der Waals surface area (Å²) in [6.07, 6.45) is 0. The van der Waals surface area contributed by atoms with Crippen molar-refractivity contribution < 1.29 is 9.21 Å². The first-order chi connectivity index (χ1) is 12.6. The fourth-order valence-corrected chi connectivity index (χ4v) is 3.34. The van der Waals surface area contributed by atoms with Crippen LogP contribution in [0.3, 0.4) is 0 Å². The van der Waals surface area contributed by atoms with Crippen molar-refractivity contribution in [2.45, 2.75) is 0 Å². The van der Waals surface area contributed by atoms with Gasteiger partial charge in [0.05, 0.1) is 5.39 Å². The molecule has 2 aromatic carbocycles. The SMILES string of the molecule is O=C(c1cc2ccccc2c(=O)o1)N1CCN(c2ccc(Cl)cc2)CC1. The lowest BCUT2D eigenvalue weighted by molar-refractivity contribution is 0.0710. The van der Waals surface area contributed by atoms with E-state index in [1.165, 1.54) is 0 Å². The molecule has 0 N–H and O–H groups in total. The van der Waals surface area contributed by atoms with Crippen LogP contribution in [0.25, 0.3) is 10.8 Å². The Morgan fingerprint density at radius 3 is 2.38 bits per heavy atom. The highest BCUT2D eigenvalue weighted by atomic mass is 35.5. The number of benzene rings is 2. The second-order valence-corrected chi connectivity index (χ2v) is 6.68. The molecule has 0 bridgehead atoms. The lowest BCUT2D eigenvalue weighted by Crippen LogP contribution is -2.48. The Balaban J connectivity index is 1.50. The van der Waals surface area contributed by atoms with Gasteiger partial charge in [-0.15, -0.1) is 0 Å². The average molecular weight is 369 g/mol.